The van der Waals surface area contributed by atoms with E-state index in [1.54, 1.807) is 6.20 Å². The number of aliphatic carboxylic acids is 2. The molecule has 2 aliphatic heterocycles. The molecule has 1 saturated carbocycles. The monoisotopic (exact) mass is 585 g/mol. The summed E-state index contributed by atoms with van der Waals surface area (Å²) in [5, 5.41) is 17.3. The number of piperidine rings is 1. The molecule has 3 heterocycles. The lowest BCUT2D eigenvalue weighted by Crippen LogP contribution is -2.48. The zero-order chi connectivity index (χ0) is 29.9. The number of likely N-dealkylation sites (tertiary alicyclic amines) is 1. The number of hydrogen-bond acceptors (Lipinski definition) is 6. The molecule has 226 valence electrons. The highest BCUT2D eigenvalue weighted by molar-refractivity contribution is 5.81. The number of alkyl halides is 6. The molecular formula is C25H33F6N3O6. The lowest BCUT2D eigenvalue weighted by atomic mass is 9.88. The lowest BCUT2D eigenvalue weighted by molar-refractivity contribution is -0.193. The molecule has 0 bridgehead atoms. The zero-order valence-electron chi connectivity index (χ0n) is 21.6. The first-order valence-corrected chi connectivity index (χ1v) is 12.9. The van der Waals surface area contributed by atoms with Crippen molar-refractivity contribution >= 4 is 17.8 Å². The van der Waals surface area contributed by atoms with E-state index in [4.69, 9.17) is 24.5 Å². The van der Waals surface area contributed by atoms with E-state index in [-0.39, 0.29) is 18.1 Å². The molecule has 1 aromatic rings. The zero-order valence-corrected chi connectivity index (χ0v) is 21.6. The van der Waals surface area contributed by atoms with Gasteiger partial charge in [0.05, 0.1) is 6.10 Å². The average molecular weight is 586 g/mol. The van der Waals surface area contributed by atoms with Crippen LogP contribution in [0.25, 0.3) is 0 Å². The van der Waals surface area contributed by atoms with E-state index in [9.17, 15) is 31.1 Å². The molecule has 4 rings (SSSR count). The summed E-state index contributed by atoms with van der Waals surface area (Å²) in [6.07, 6.45) is 1.27. The van der Waals surface area contributed by atoms with Gasteiger partial charge in [-0.3, -0.25) is 14.7 Å². The molecule has 3 N–H and O–H groups in total. The summed E-state index contributed by atoms with van der Waals surface area (Å²) in [4.78, 5) is 37.2. The topological polar surface area (TPSA) is 129 Å². The first kappa shape index (κ1) is 33.3. The van der Waals surface area contributed by atoms with Crippen molar-refractivity contribution in [3.8, 4) is 0 Å². The molecule has 0 unspecified atom stereocenters. The Balaban J connectivity index is 0.000000333. The Kier molecular flexibility index (Phi) is 12.6. The predicted molar refractivity (Wildman–Crippen MR) is 128 cm³/mol. The van der Waals surface area contributed by atoms with E-state index < -0.39 is 24.3 Å². The van der Waals surface area contributed by atoms with Gasteiger partial charge in [0.25, 0.3) is 0 Å². The Morgan fingerprint density at radius 1 is 0.975 bits per heavy atom. The minimum atomic E-state index is -5.08. The van der Waals surface area contributed by atoms with Crippen LogP contribution in [0.4, 0.5) is 26.3 Å². The number of hydrogen-bond donors (Lipinski definition) is 3. The Morgan fingerprint density at radius 3 is 2.10 bits per heavy atom. The second-order valence-electron chi connectivity index (χ2n) is 9.70. The van der Waals surface area contributed by atoms with Crippen molar-refractivity contribution in [2.45, 2.75) is 82.0 Å². The Hall–Kier alpha value is -2.94. The van der Waals surface area contributed by atoms with E-state index >= 15 is 0 Å². The van der Waals surface area contributed by atoms with Crippen LogP contribution in [-0.2, 0) is 25.5 Å². The van der Waals surface area contributed by atoms with Crippen LogP contribution in [0.3, 0.4) is 0 Å². The summed E-state index contributed by atoms with van der Waals surface area (Å²) < 4.78 is 69.7. The van der Waals surface area contributed by atoms with Gasteiger partial charge in [0.2, 0.25) is 5.91 Å². The number of carbonyl (C=O) groups excluding carboxylic acids is 1. The molecule has 2 saturated heterocycles. The van der Waals surface area contributed by atoms with Crippen molar-refractivity contribution in [2.24, 2.45) is 5.92 Å². The predicted octanol–water partition coefficient (Wildman–Crippen LogP) is 3.82. The molecule has 0 radical (unpaired) electrons. The van der Waals surface area contributed by atoms with Crippen LogP contribution in [0, 0.1) is 5.92 Å². The summed E-state index contributed by atoms with van der Waals surface area (Å²) >= 11 is 0. The highest BCUT2D eigenvalue weighted by Gasteiger charge is 2.43. The van der Waals surface area contributed by atoms with Gasteiger partial charge in [0, 0.05) is 37.4 Å². The molecule has 3 atom stereocenters. The lowest BCUT2D eigenvalue weighted by Gasteiger charge is -2.40. The van der Waals surface area contributed by atoms with Gasteiger partial charge in [0.1, 0.15) is 6.10 Å². The first-order valence-electron chi connectivity index (χ1n) is 12.9. The van der Waals surface area contributed by atoms with Crippen molar-refractivity contribution in [3.05, 3.63) is 30.1 Å². The molecule has 0 aromatic carbocycles. The molecule has 1 aromatic heterocycles. The van der Waals surface area contributed by atoms with Crippen LogP contribution in [0.5, 0.6) is 0 Å². The average Bonchev–Trinajstić information content (AvgIpc) is 3.33. The molecule has 0 spiro atoms. The smallest absolute Gasteiger partial charge is 0.475 e. The molecule has 1 amide bonds. The van der Waals surface area contributed by atoms with Gasteiger partial charge in [-0.2, -0.15) is 26.3 Å². The maximum absolute atomic E-state index is 12.5. The van der Waals surface area contributed by atoms with Gasteiger partial charge in [-0.05, 0) is 50.3 Å². The van der Waals surface area contributed by atoms with Gasteiger partial charge < -0.3 is 20.3 Å². The second kappa shape index (κ2) is 15.2. The van der Waals surface area contributed by atoms with Gasteiger partial charge >= 0.3 is 24.3 Å². The van der Waals surface area contributed by atoms with Gasteiger partial charge in [0.15, 0.2) is 0 Å². The fourth-order valence-corrected chi connectivity index (χ4v) is 4.87. The normalized spacial score (nSPS) is 23.5. The van der Waals surface area contributed by atoms with E-state index in [1.165, 1.54) is 45.1 Å². The molecule has 9 nitrogen and oxygen atoms in total. The highest BCUT2D eigenvalue weighted by Crippen LogP contribution is 2.35. The van der Waals surface area contributed by atoms with Crippen LogP contribution in [-0.4, -0.2) is 88.2 Å². The number of carboxylic acids is 2. The molecule has 3 fully saturated rings. The van der Waals surface area contributed by atoms with Gasteiger partial charge in [-0.15, -0.1) is 0 Å². The summed E-state index contributed by atoms with van der Waals surface area (Å²) in [7, 11) is 0. The number of nitrogens with zero attached hydrogens (tertiary/aromatic N) is 2. The molecule has 3 aliphatic rings. The number of amides is 1. The molecule has 40 heavy (non-hydrogen) atoms. The Labute approximate surface area is 226 Å². The number of ether oxygens (including phenoxy) is 1. The Morgan fingerprint density at radius 2 is 1.57 bits per heavy atom. The van der Waals surface area contributed by atoms with Crippen LogP contribution < -0.4 is 5.32 Å². The number of fused-ring (bicyclic) bond motifs is 1. The summed E-state index contributed by atoms with van der Waals surface area (Å²) in [6.45, 7) is 2.83. The fraction of sp³-hybridized carbons (Fsp3) is 0.680. The van der Waals surface area contributed by atoms with E-state index in [1.807, 2.05) is 18.2 Å². The molecule has 1 aliphatic carbocycles. The third kappa shape index (κ3) is 11.3. The highest BCUT2D eigenvalue weighted by atomic mass is 19.4. The number of rotatable bonds is 5. The largest absolute Gasteiger partial charge is 0.490 e. The van der Waals surface area contributed by atoms with E-state index in [0.29, 0.717) is 12.5 Å². The summed E-state index contributed by atoms with van der Waals surface area (Å²) in [6, 6.07) is 6.63. The van der Waals surface area contributed by atoms with Gasteiger partial charge in [-0.1, -0.05) is 25.3 Å². The number of aromatic nitrogens is 1. The van der Waals surface area contributed by atoms with Crippen molar-refractivity contribution in [2.75, 3.05) is 19.6 Å². The molecule has 15 heteroatoms. The standard InChI is InChI=1S/C21H31N3O2.2C2HF3O2/c25-21(23-12-9-17-6-4-5-11-22-17)19-14-16-10-13-24(15-20(16)26-19)18-7-2-1-3-8-18;2*3-2(4,5)1(6)7/h4-6,11,16,18-20H,1-3,7-10,12-15H2,(H,23,25);2*(H,6,7)/t16-,19+,20-;;/m0../s1. The van der Waals surface area contributed by atoms with E-state index in [2.05, 4.69) is 15.2 Å². The number of carboxylic acid groups (broad SMARTS) is 2. The number of halogens is 6. The van der Waals surface area contributed by atoms with Crippen molar-refractivity contribution in [1.29, 1.82) is 0 Å². The third-order valence-electron chi connectivity index (χ3n) is 6.86. The quantitative estimate of drug-likeness (QED) is 0.445. The fourth-order valence-electron chi connectivity index (χ4n) is 4.87. The van der Waals surface area contributed by atoms with Crippen LogP contribution in [0.15, 0.2) is 24.4 Å². The number of pyridine rings is 1. The van der Waals surface area contributed by atoms with Crippen LogP contribution in [0.1, 0.15) is 50.6 Å². The summed E-state index contributed by atoms with van der Waals surface area (Å²) in [5.74, 6) is -4.90. The SMILES string of the molecule is O=C(NCCc1ccccn1)[C@H]1C[C@@H]2CCN(C3CCCCC3)C[C@@H]2O1.O=C(O)C(F)(F)F.O=C(O)C(F)(F)F. The second-order valence-corrected chi connectivity index (χ2v) is 9.70. The number of nitrogens with one attached hydrogen (secondary N) is 1. The third-order valence-corrected chi connectivity index (χ3v) is 6.86. The molecular weight excluding hydrogens is 552 g/mol. The maximum atomic E-state index is 12.5. The van der Waals surface area contributed by atoms with Crippen molar-refractivity contribution in [3.63, 3.8) is 0 Å². The number of carbonyl (C=O) groups is 3. The summed E-state index contributed by atoms with van der Waals surface area (Å²) in [5.41, 5.74) is 1.01. The first-order chi connectivity index (χ1) is 18.7. The van der Waals surface area contributed by atoms with Crippen LogP contribution >= 0.6 is 0 Å². The maximum Gasteiger partial charge on any atom is 0.490 e. The van der Waals surface area contributed by atoms with Crippen LogP contribution in [0.2, 0.25) is 0 Å². The van der Waals surface area contributed by atoms with Gasteiger partial charge in [-0.25, -0.2) is 9.59 Å². The minimum absolute atomic E-state index is 0.0551. The van der Waals surface area contributed by atoms with Crippen molar-refractivity contribution < 1.29 is 55.7 Å². The minimum Gasteiger partial charge on any atom is -0.475 e. The van der Waals surface area contributed by atoms with E-state index in [0.717, 1.165) is 31.1 Å². The van der Waals surface area contributed by atoms with Crippen molar-refractivity contribution in [1.82, 2.24) is 15.2 Å². The Bertz CT molecular complexity index is 933.